The number of methoxy groups -OCH3 is 1. The second-order valence-electron chi connectivity index (χ2n) is 2.47. The molecule has 0 rings (SSSR count). The molecule has 0 aliphatic heterocycles. The number of hydrogen-bond donors (Lipinski definition) is 1. The molecule has 0 spiro atoms. The van der Waals surface area contributed by atoms with Crippen molar-refractivity contribution in [3.63, 3.8) is 0 Å². The van der Waals surface area contributed by atoms with Gasteiger partial charge in [-0.2, -0.15) is 8.42 Å². The van der Waals surface area contributed by atoms with Crippen LogP contribution >= 0.6 is 7.60 Å². The minimum atomic E-state index is -4.61. The molecule has 1 unspecified atom stereocenters. The minimum Gasteiger partial charge on any atom is -0.460 e. The van der Waals surface area contributed by atoms with Crippen LogP contribution in [0.4, 0.5) is 4.79 Å². The zero-order chi connectivity index (χ0) is 13.5. The predicted molar refractivity (Wildman–Crippen MR) is 55.1 cm³/mol. The van der Waals surface area contributed by atoms with Gasteiger partial charge in [0.25, 0.3) is 0 Å². The van der Waals surface area contributed by atoms with Crippen LogP contribution in [0.3, 0.4) is 0 Å². The van der Waals surface area contributed by atoms with E-state index in [0.717, 1.165) is 7.11 Å². The maximum Gasteiger partial charge on any atom is 0.438 e. The molecule has 0 aromatic carbocycles. The van der Waals surface area contributed by atoms with Crippen molar-refractivity contribution in [3.05, 3.63) is 0 Å². The van der Waals surface area contributed by atoms with Crippen LogP contribution in [-0.2, 0) is 32.9 Å². The van der Waals surface area contributed by atoms with E-state index in [9.17, 15) is 17.8 Å². The summed E-state index contributed by atoms with van der Waals surface area (Å²) in [6.45, 7) is 0.262. The summed E-state index contributed by atoms with van der Waals surface area (Å²) in [5.74, 6) is 0. The first-order chi connectivity index (χ1) is 7.75. The molecule has 0 saturated heterocycles. The van der Waals surface area contributed by atoms with Crippen molar-refractivity contribution in [1.29, 1.82) is 0 Å². The van der Waals surface area contributed by atoms with Crippen LogP contribution in [0.15, 0.2) is 0 Å². The highest BCUT2D eigenvalue weighted by Crippen LogP contribution is 2.49. The van der Waals surface area contributed by atoms with Crippen LogP contribution in [0.2, 0.25) is 0 Å². The van der Waals surface area contributed by atoms with E-state index in [-0.39, 0.29) is 6.61 Å². The lowest BCUT2D eigenvalue weighted by Gasteiger charge is -2.14. The third-order valence-corrected chi connectivity index (χ3v) is 3.49. The third-order valence-electron chi connectivity index (χ3n) is 1.27. The van der Waals surface area contributed by atoms with E-state index in [4.69, 9.17) is 4.55 Å². The number of carbonyl (C=O) groups is 1. The summed E-state index contributed by atoms with van der Waals surface area (Å²) >= 11 is 0. The van der Waals surface area contributed by atoms with Crippen LogP contribution in [0.5, 0.6) is 0 Å². The Bertz CT molecular complexity index is 388. The molecule has 1 atom stereocenters. The van der Waals surface area contributed by atoms with Crippen molar-refractivity contribution in [1.82, 2.24) is 0 Å². The fourth-order valence-electron chi connectivity index (χ4n) is 0.721. The van der Waals surface area contributed by atoms with Gasteiger partial charge >= 0.3 is 23.7 Å². The summed E-state index contributed by atoms with van der Waals surface area (Å²) < 4.78 is 57.5. The van der Waals surface area contributed by atoms with Gasteiger partial charge in [0.1, 0.15) is 0 Å². The van der Waals surface area contributed by atoms with E-state index in [1.54, 1.807) is 0 Å². The molecule has 0 aliphatic carbocycles. The molecule has 0 aromatic rings. The zero-order valence-electron chi connectivity index (χ0n) is 9.19. The van der Waals surface area contributed by atoms with Crippen molar-refractivity contribution in [3.8, 4) is 0 Å². The van der Waals surface area contributed by atoms with Gasteiger partial charge in [-0.15, -0.1) is 0 Å². The fraction of sp³-hybridized carbons (Fsp3) is 0.833. The van der Waals surface area contributed by atoms with Gasteiger partial charge in [0.15, 0.2) is 0 Å². The van der Waals surface area contributed by atoms with Gasteiger partial charge in [0.2, 0.25) is 0 Å². The molecular formula is C6H13O9PS. The lowest BCUT2D eigenvalue weighted by Crippen LogP contribution is -2.13. The van der Waals surface area contributed by atoms with Crippen LogP contribution in [0.25, 0.3) is 0 Å². The molecule has 0 radical (unpaired) electrons. The molecule has 0 heterocycles. The first kappa shape index (κ1) is 16.5. The zero-order valence-corrected chi connectivity index (χ0v) is 10.9. The smallest absolute Gasteiger partial charge is 0.438 e. The highest BCUT2D eigenvalue weighted by molar-refractivity contribution is 7.80. The molecule has 0 saturated carbocycles. The average Bonchev–Trinajstić information content (AvgIpc) is 2.22. The second-order valence-corrected chi connectivity index (χ2v) is 5.44. The van der Waals surface area contributed by atoms with E-state index in [1.807, 2.05) is 0 Å². The maximum absolute atomic E-state index is 11.7. The van der Waals surface area contributed by atoms with Crippen molar-refractivity contribution in [2.75, 3.05) is 26.9 Å². The quantitative estimate of drug-likeness (QED) is 0.393. The van der Waals surface area contributed by atoms with Crippen molar-refractivity contribution in [2.24, 2.45) is 0 Å². The van der Waals surface area contributed by atoms with Gasteiger partial charge < -0.3 is 9.26 Å². The highest BCUT2D eigenvalue weighted by atomic mass is 32.3. The molecule has 11 heteroatoms. The maximum atomic E-state index is 11.7. The predicted octanol–water partition coefficient (Wildman–Crippen LogP) is 0.818. The Hall–Kier alpha value is -0.510. The molecule has 0 aliphatic rings. The van der Waals surface area contributed by atoms with Gasteiger partial charge in [-0.05, 0) is 6.92 Å². The van der Waals surface area contributed by atoms with E-state index in [0.29, 0.717) is 0 Å². The summed E-state index contributed by atoms with van der Waals surface area (Å²) in [4.78, 5) is 11.1. The van der Waals surface area contributed by atoms with Crippen LogP contribution < -0.4 is 0 Å². The normalized spacial score (nSPS) is 15.2. The van der Waals surface area contributed by atoms with Gasteiger partial charge in [-0.1, -0.05) is 0 Å². The summed E-state index contributed by atoms with van der Waals surface area (Å²) in [5, 5.41) is 0. The summed E-state index contributed by atoms with van der Waals surface area (Å²) in [7, 11) is -7.72. The molecule has 9 nitrogen and oxygen atoms in total. The summed E-state index contributed by atoms with van der Waals surface area (Å²) in [5.41, 5.74) is -1.20. The van der Waals surface area contributed by atoms with Crippen molar-refractivity contribution < 1.29 is 40.3 Å². The number of hydrogen-bond acceptors (Lipinski definition) is 8. The molecule has 17 heavy (non-hydrogen) atoms. The summed E-state index contributed by atoms with van der Waals surface area (Å²) in [6, 6.07) is 0. The topological polar surface area (TPSA) is 125 Å². The molecule has 0 amide bonds. The minimum absolute atomic E-state index is 0.0640. The molecular weight excluding hydrogens is 279 g/mol. The highest BCUT2D eigenvalue weighted by Gasteiger charge is 2.36. The Labute approximate surface area is 98.5 Å². The first-order valence-corrected chi connectivity index (χ1v) is 7.25. The molecule has 0 fully saturated rings. The SMILES string of the molecule is CCOP(=O)(OCCOS(=O)(=O)O)C(=O)OC. The number of carbonyl (C=O) groups excluding carboxylic acids is 1. The number of rotatable bonds is 8. The third kappa shape index (κ3) is 6.71. The fourth-order valence-corrected chi connectivity index (χ4v) is 2.16. The molecule has 0 aromatic heterocycles. The Morgan fingerprint density at radius 2 is 1.88 bits per heavy atom. The van der Waals surface area contributed by atoms with Gasteiger partial charge in [-0.3, -0.25) is 9.08 Å². The lowest BCUT2D eigenvalue weighted by molar-refractivity contribution is 0.148. The van der Waals surface area contributed by atoms with E-state index in [2.05, 4.69) is 18.0 Å². The monoisotopic (exact) mass is 292 g/mol. The van der Waals surface area contributed by atoms with Crippen molar-refractivity contribution in [2.45, 2.75) is 6.92 Å². The first-order valence-electron chi connectivity index (χ1n) is 4.34. The summed E-state index contributed by atoms with van der Waals surface area (Å²) in [6.07, 6.45) is 0. The average molecular weight is 292 g/mol. The Morgan fingerprint density at radius 1 is 1.29 bits per heavy atom. The Kier molecular flexibility index (Phi) is 6.83. The standard InChI is InChI=1S/C6H13O9PS/c1-3-13-16(8,6(7)12-2)14-4-5-15-17(9,10)11/h3-5H2,1-2H3,(H,9,10,11). The Balaban J connectivity index is 4.29. The molecule has 1 N–H and O–H groups in total. The van der Waals surface area contributed by atoms with Gasteiger partial charge in [-0.25, -0.2) is 13.5 Å². The Morgan fingerprint density at radius 3 is 2.29 bits per heavy atom. The lowest BCUT2D eigenvalue weighted by atomic mass is 10.8. The van der Waals surface area contributed by atoms with Gasteiger partial charge in [0.05, 0.1) is 26.9 Å². The molecule has 0 bridgehead atoms. The van der Waals surface area contributed by atoms with Crippen LogP contribution in [0, 0.1) is 0 Å². The van der Waals surface area contributed by atoms with E-state index < -0.39 is 36.9 Å². The van der Waals surface area contributed by atoms with E-state index >= 15 is 0 Å². The van der Waals surface area contributed by atoms with Crippen molar-refractivity contribution >= 4 is 23.7 Å². The largest absolute Gasteiger partial charge is 0.460 e. The molecule has 102 valence electrons. The second kappa shape index (κ2) is 7.04. The van der Waals surface area contributed by atoms with E-state index in [1.165, 1.54) is 6.92 Å². The number of ether oxygens (including phenoxy) is 1. The van der Waals surface area contributed by atoms with Crippen LogP contribution in [-0.4, -0.2) is 45.6 Å². The van der Waals surface area contributed by atoms with Gasteiger partial charge in [0, 0.05) is 0 Å². The van der Waals surface area contributed by atoms with Crippen LogP contribution in [0.1, 0.15) is 6.92 Å².